The smallest absolute Gasteiger partial charge is 0.222 e. The minimum absolute atomic E-state index is 0.0343. The summed E-state index contributed by atoms with van der Waals surface area (Å²) in [6.45, 7) is 6.32. The molecular weight excluding hydrogens is 332 g/mol. The molecule has 2 aromatic heterocycles. The van der Waals surface area contributed by atoms with Gasteiger partial charge < -0.3 is 10.1 Å². The van der Waals surface area contributed by atoms with Gasteiger partial charge in [-0.15, -0.1) is 11.3 Å². The summed E-state index contributed by atoms with van der Waals surface area (Å²) in [4.78, 5) is 14.0. The molecule has 0 radical (unpaired) electrons. The molecule has 5 nitrogen and oxygen atoms in total. The molecule has 0 aliphatic carbocycles. The van der Waals surface area contributed by atoms with E-state index >= 15 is 0 Å². The predicted octanol–water partition coefficient (Wildman–Crippen LogP) is 3.47. The van der Waals surface area contributed by atoms with Crippen molar-refractivity contribution in [3.63, 3.8) is 0 Å². The van der Waals surface area contributed by atoms with Crippen LogP contribution in [0.3, 0.4) is 0 Å². The zero-order valence-corrected chi connectivity index (χ0v) is 15.6. The number of rotatable bonds is 4. The summed E-state index contributed by atoms with van der Waals surface area (Å²) >= 11 is 1.91. The van der Waals surface area contributed by atoms with E-state index in [4.69, 9.17) is 4.74 Å². The highest BCUT2D eigenvalue weighted by molar-refractivity contribution is 7.11. The van der Waals surface area contributed by atoms with Crippen LogP contribution in [0.15, 0.2) is 30.6 Å². The molecule has 25 heavy (non-hydrogen) atoms. The number of hydrogen-bond acceptors (Lipinski definition) is 6. The first kappa shape index (κ1) is 16.9. The second kappa shape index (κ2) is 7.40. The van der Waals surface area contributed by atoms with Gasteiger partial charge in [0.05, 0.1) is 5.60 Å². The summed E-state index contributed by atoms with van der Waals surface area (Å²) in [5, 5.41) is 3.49. The molecule has 1 N–H and O–H groups in total. The van der Waals surface area contributed by atoms with E-state index in [-0.39, 0.29) is 5.60 Å². The average Bonchev–Trinajstić information content (AvgIpc) is 3.03. The Balaban J connectivity index is 1.32. The molecular formula is C19H26N4OS. The van der Waals surface area contributed by atoms with Crippen LogP contribution in [0.1, 0.15) is 35.4 Å². The lowest BCUT2D eigenvalue weighted by Gasteiger charge is -2.46. The normalized spacial score (nSPS) is 23.6. The highest BCUT2D eigenvalue weighted by atomic mass is 32.1. The van der Waals surface area contributed by atoms with E-state index in [1.165, 1.54) is 9.75 Å². The summed E-state index contributed by atoms with van der Waals surface area (Å²) in [5.41, 5.74) is 0.0343. The number of piperidine rings is 1. The van der Waals surface area contributed by atoms with Crippen molar-refractivity contribution in [2.75, 3.05) is 25.0 Å². The minimum atomic E-state index is 0.0343. The van der Waals surface area contributed by atoms with Gasteiger partial charge in [-0.05, 0) is 50.8 Å². The second-order valence-corrected chi connectivity index (χ2v) is 8.60. The fourth-order valence-corrected chi connectivity index (χ4v) is 4.90. The monoisotopic (exact) mass is 358 g/mol. The Hall–Kier alpha value is -1.50. The molecule has 2 saturated heterocycles. The summed E-state index contributed by atoms with van der Waals surface area (Å²) in [6.07, 6.45) is 7.89. The lowest BCUT2D eigenvalue weighted by molar-refractivity contribution is -0.115. The van der Waals surface area contributed by atoms with Crippen molar-refractivity contribution in [1.82, 2.24) is 14.9 Å². The maximum Gasteiger partial charge on any atom is 0.222 e. The maximum atomic E-state index is 6.27. The van der Waals surface area contributed by atoms with Gasteiger partial charge in [-0.2, -0.15) is 0 Å². The molecule has 2 fully saturated rings. The van der Waals surface area contributed by atoms with Crippen LogP contribution < -0.4 is 5.32 Å². The van der Waals surface area contributed by atoms with Crippen LogP contribution in [0.4, 0.5) is 5.95 Å². The molecule has 0 unspecified atom stereocenters. The van der Waals surface area contributed by atoms with E-state index in [1.54, 1.807) is 12.4 Å². The van der Waals surface area contributed by atoms with Gasteiger partial charge in [-0.3, -0.25) is 4.90 Å². The number of thiophene rings is 1. The van der Waals surface area contributed by atoms with Crippen molar-refractivity contribution in [1.29, 1.82) is 0 Å². The van der Waals surface area contributed by atoms with Gasteiger partial charge in [0.25, 0.3) is 0 Å². The van der Waals surface area contributed by atoms with E-state index in [0.717, 1.165) is 57.9 Å². The molecule has 0 aromatic carbocycles. The van der Waals surface area contributed by atoms with Crippen LogP contribution >= 0.6 is 11.3 Å². The Kier molecular flexibility index (Phi) is 5.01. The SMILES string of the molecule is Cc1ccc(CN2CCC3(CC2)C[C@@H](Nc2ncccn2)CCO3)s1. The minimum Gasteiger partial charge on any atom is -0.375 e. The molecule has 1 atom stereocenters. The molecule has 1 spiro atoms. The van der Waals surface area contributed by atoms with Crippen LogP contribution in [0.25, 0.3) is 0 Å². The van der Waals surface area contributed by atoms with Gasteiger partial charge in [-0.25, -0.2) is 9.97 Å². The van der Waals surface area contributed by atoms with Crippen molar-refractivity contribution in [3.8, 4) is 0 Å². The number of ether oxygens (including phenoxy) is 1. The Labute approximate surface area is 153 Å². The predicted molar refractivity (Wildman–Crippen MR) is 101 cm³/mol. The topological polar surface area (TPSA) is 50.3 Å². The van der Waals surface area contributed by atoms with E-state index in [1.807, 2.05) is 17.4 Å². The van der Waals surface area contributed by atoms with E-state index < -0.39 is 0 Å². The number of aromatic nitrogens is 2. The van der Waals surface area contributed by atoms with Gasteiger partial charge in [0.1, 0.15) is 0 Å². The summed E-state index contributed by atoms with van der Waals surface area (Å²) in [5.74, 6) is 0.732. The van der Waals surface area contributed by atoms with Crippen molar-refractivity contribution in [2.24, 2.45) is 0 Å². The lowest BCUT2D eigenvalue weighted by Crippen LogP contribution is -2.51. The molecule has 0 saturated carbocycles. The van der Waals surface area contributed by atoms with E-state index in [9.17, 15) is 0 Å². The molecule has 4 rings (SSSR count). The average molecular weight is 359 g/mol. The van der Waals surface area contributed by atoms with Crippen molar-refractivity contribution < 1.29 is 4.74 Å². The van der Waals surface area contributed by atoms with Gasteiger partial charge in [0.15, 0.2) is 0 Å². The summed E-state index contributed by atoms with van der Waals surface area (Å²) in [6, 6.07) is 6.74. The lowest BCUT2D eigenvalue weighted by atomic mass is 9.82. The van der Waals surface area contributed by atoms with Crippen molar-refractivity contribution in [3.05, 3.63) is 40.3 Å². The van der Waals surface area contributed by atoms with E-state index in [0.29, 0.717) is 6.04 Å². The molecule has 2 aromatic rings. The second-order valence-electron chi connectivity index (χ2n) is 7.23. The van der Waals surface area contributed by atoms with Crippen LogP contribution in [-0.2, 0) is 11.3 Å². The van der Waals surface area contributed by atoms with Gasteiger partial charge in [-0.1, -0.05) is 0 Å². The summed E-state index contributed by atoms with van der Waals surface area (Å²) in [7, 11) is 0. The molecule has 2 aliphatic heterocycles. The molecule has 6 heteroatoms. The number of anilines is 1. The van der Waals surface area contributed by atoms with Crippen molar-refractivity contribution in [2.45, 2.75) is 50.8 Å². The highest BCUT2D eigenvalue weighted by Gasteiger charge is 2.40. The first-order chi connectivity index (χ1) is 12.2. The Bertz CT molecular complexity index is 682. The van der Waals surface area contributed by atoms with Gasteiger partial charge >= 0.3 is 0 Å². The maximum absolute atomic E-state index is 6.27. The van der Waals surface area contributed by atoms with Crippen LogP contribution in [0, 0.1) is 6.92 Å². The Morgan fingerprint density at radius 1 is 1.28 bits per heavy atom. The molecule has 134 valence electrons. The third-order valence-corrected chi connectivity index (χ3v) is 6.32. The number of hydrogen-bond donors (Lipinski definition) is 1. The number of nitrogens with zero attached hydrogens (tertiary/aromatic N) is 3. The zero-order valence-electron chi connectivity index (χ0n) is 14.8. The standard InChI is InChI=1S/C19H26N4OS/c1-15-3-4-17(25-15)14-23-10-6-19(7-11-23)13-16(5-12-24-19)22-18-20-8-2-9-21-18/h2-4,8-9,16H,5-7,10-14H2,1H3,(H,20,21,22)/t16-/m0/s1. The van der Waals surface area contributed by atoms with Crippen molar-refractivity contribution >= 4 is 17.3 Å². The molecule has 2 aliphatic rings. The summed E-state index contributed by atoms with van der Waals surface area (Å²) < 4.78 is 6.27. The van der Waals surface area contributed by atoms with Crippen LogP contribution in [-0.4, -0.2) is 46.2 Å². The van der Waals surface area contributed by atoms with Crippen LogP contribution in [0.5, 0.6) is 0 Å². The Morgan fingerprint density at radius 2 is 2.08 bits per heavy atom. The third kappa shape index (κ3) is 4.19. The number of likely N-dealkylation sites (tertiary alicyclic amines) is 1. The fraction of sp³-hybridized carbons (Fsp3) is 0.579. The van der Waals surface area contributed by atoms with E-state index in [2.05, 4.69) is 39.2 Å². The zero-order chi connectivity index (χ0) is 17.1. The van der Waals surface area contributed by atoms with Gasteiger partial charge in [0, 0.05) is 54.4 Å². The molecule has 0 amide bonds. The first-order valence-electron chi connectivity index (χ1n) is 9.16. The number of nitrogens with one attached hydrogen (secondary N) is 1. The molecule has 4 heterocycles. The Morgan fingerprint density at radius 3 is 2.80 bits per heavy atom. The number of aryl methyl sites for hydroxylation is 1. The first-order valence-corrected chi connectivity index (χ1v) is 9.98. The quantitative estimate of drug-likeness (QED) is 0.907. The highest BCUT2D eigenvalue weighted by Crippen LogP contribution is 2.36. The third-order valence-electron chi connectivity index (χ3n) is 5.33. The van der Waals surface area contributed by atoms with Gasteiger partial charge in [0.2, 0.25) is 5.95 Å². The largest absolute Gasteiger partial charge is 0.375 e. The fourth-order valence-electron chi connectivity index (χ4n) is 3.96. The molecule has 0 bridgehead atoms. The van der Waals surface area contributed by atoms with Crippen LogP contribution in [0.2, 0.25) is 0 Å².